The number of carbonyl (C=O) groups is 2. The molecule has 0 fully saturated rings. The van der Waals surface area contributed by atoms with Crippen molar-refractivity contribution in [1.82, 2.24) is 5.32 Å². The van der Waals surface area contributed by atoms with Crippen LogP contribution >= 0.6 is 15.9 Å². The molecule has 0 aliphatic carbocycles. The molecule has 2 amide bonds. The number of benzene rings is 1. The van der Waals surface area contributed by atoms with Crippen molar-refractivity contribution < 1.29 is 9.59 Å². The lowest BCUT2D eigenvalue weighted by molar-refractivity contribution is -0.129. The van der Waals surface area contributed by atoms with E-state index in [2.05, 4.69) is 26.2 Å². The SMILES string of the molecule is CCC(N)CC1=NC(=O)C(c2ccccc2Br)C(=O)N1. The predicted molar refractivity (Wildman–Crippen MR) is 80.4 cm³/mol. The smallest absolute Gasteiger partial charge is 0.264 e. The van der Waals surface area contributed by atoms with Crippen molar-refractivity contribution in [3.05, 3.63) is 34.3 Å². The van der Waals surface area contributed by atoms with Gasteiger partial charge in [0.1, 0.15) is 11.8 Å². The fourth-order valence-electron chi connectivity index (χ4n) is 2.02. The average molecular weight is 338 g/mol. The molecule has 1 heterocycles. The Balaban J connectivity index is 2.25. The Kier molecular flexibility index (Phi) is 4.67. The van der Waals surface area contributed by atoms with E-state index in [1.165, 1.54) is 0 Å². The van der Waals surface area contributed by atoms with Gasteiger partial charge in [-0.1, -0.05) is 41.1 Å². The quantitative estimate of drug-likeness (QED) is 0.820. The fourth-order valence-corrected chi connectivity index (χ4v) is 2.54. The van der Waals surface area contributed by atoms with Gasteiger partial charge in [0, 0.05) is 16.9 Å². The van der Waals surface area contributed by atoms with Crippen LogP contribution in [0.1, 0.15) is 31.2 Å². The van der Waals surface area contributed by atoms with Gasteiger partial charge < -0.3 is 11.1 Å². The number of rotatable bonds is 4. The molecule has 1 aromatic carbocycles. The summed E-state index contributed by atoms with van der Waals surface area (Å²) in [5, 5.41) is 2.68. The highest BCUT2D eigenvalue weighted by Crippen LogP contribution is 2.27. The van der Waals surface area contributed by atoms with Gasteiger partial charge in [-0.25, -0.2) is 0 Å². The number of hydrogen-bond donors (Lipinski definition) is 2. The third-order valence-electron chi connectivity index (χ3n) is 3.22. The van der Waals surface area contributed by atoms with Crippen LogP contribution in [0.3, 0.4) is 0 Å². The molecule has 20 heavy (non-hydrogen) atoms. The number of halogens is 1. The van der Waals surface area contributed by atoms with E-state index in [0.717, 1.165) is 10.9 Å². The van der Waals surface area contributed by atoms with Crippen molar-refractivity contribution >= 4 is 33.6 Å². The Hall–Kier alpha value is -1.53. The summed E-state index contributed by atoms with van der Waals surface area (Å²) >= 11 is 3.35. The molecule has 3 N–H and O–H groups in total. The second-order valence-electron chi connectivity index (χ2n) is 4.71. The molecule has 0 saturated heterocycles. The predicted octanol–water partition coefficient (Wildman–Crippen LogP) is 1.71. The molecule has 2 rings (SSSR count). The van der Waals surface area contributed by atoms with E-state index in [1.807, 2.05) is 13.0 Å². The number of carbonyl (C=O) groups excluding carboxylic acids is 2. The third kappa shape index (κ3) is 3.13. The topological polar surface area (TPSA) is 84.5 Å². The number of nitrogens with one attached hydrogen (secondary N) is 1. The summed E-state index contributed by atoms with van der Waals surface area (Å²) in [7, 11) is 0. The van der Waals surface area contributed by atoms with Crippen molar-refractivity contribution in [3.63, 3.8) is 0 Å². The van der Waals surface area contributed by atoms with E-state index in [1.54, 1.807) is 18.2 Å². The van der Waals surface area contributed by atoms with Gasteiger partial charge in [0.15, 0.2) is 0 Å². The molecule has 5 nitrogen and oxygen atoms in total. The summed E-state index contributed by atoms with van der Waals surface area (Å²) in [5.41, 5.74) is 6.44. The van der Waals surface area contributed by atoms with Gasteiger partial charge in [-0.15, -0.1) is 0 Å². The minimum Gasteiger partial charge on any atom is -0.327 e. The van der Waals surface area contributed by atoms with E-state index in [4.69, 9.17) is 5.73 Å². The fraction of sp³-hybridized carbons (Fsp3) is 0.357. The standard InChI is InChI=1S/C14H16BrN3O2/c1-2-8(16)7-11-17-13(19)12(14(20)18-11)9-5-3-4-6-10(9)15/h3-6,8,12H,2,7,16H2,1H3,(H,17,18,19,20). The normalized spacial score (nSPS) is 20.4. The molecule has 2 unspecified atom stereocenters. The van der Waals surface area contributed by atoms with Crippen molar-refractivity contribution in [3.8, 4) is 0 Å². The van der Waals surface area contributed by atoms with Crippen LogP contribution in [0.4, 0.5) is 0 Å². The zero-order valence-corrected chi connectivity index (χ0v) is 12.7. The summed E-state index contributed by atoms with van der Waals surface area (Å²) in [6.45, 7) is 1.95. The lowest BCUT2D eigenvalue weighted by atomic mass is 9.96. The maximum absolute atomic E-state index is 12.2. The van der Waals surface area contributed by atoms with E-state index >= 15 is 0 Å². The van der Waals surface area contributed by atoms with Crippen LogP contribution in [0.15, 0.2) is 33.7 Å². The number of hydrogen-bond acceptors (Lipinski definition) is 3. The Morgan fingerprint density at radius 2 is 2.10 bits per heavy atom. The molecule has 0 saturated carbocycles. The molecular weight excluding hydrogens is 322 g/mol. The molecule has 1 aliphatic heterocycles. The van der Waals surface area contributed by atoms with Gasteiger partial charge >= 0.3 is 0 Å². The zero-order chi connectivity index (χ0) is 14.7. The number of aliphatic imine (C=N–C) groups is 1. The molecule has 0 radical (unpaired) electrons. The molecule has 1 aromatic rings. The second-order valence-corrected chi connectivity index (χ2v) is 5.57. The van der Waals surface area contributed by atoms with Crippen molar-refractivity contribution in [2.45, 2.75) is 31.7 Å². The molecule has 2 atom stereocenters. The Bertz CT molecular complexity index is 571. The van der Waals surface area contributed by atoms with E-state index in [9.17, 15) is 9.59 Å². The lowest BCUT2D eigenvalue weighted by Crippen LogP contribution is -2.44. The van der Waals surface area contributed by atoms with Crippen LogP contribution in [0.2, 0.25) is 0 Å². The Labute approximate surface area is 125 Å². The van der Waals surface area contributed by atoms with Crippen molar-refractivity contribution in [1.29, 1.82) is 0 Å². The zero-order valence-electron chi connectivity index (χ0n) is 11.1. The monoisotopic (exact) mass is 337 g/mol. The summed E-state index contributed by atoms with van der Waals surface area (Å²) in [5.74, 6) is -1.33. The van der Waals surface area contributed by atoms with E-state index in [-0.39, 0.29) is 11.9 Å². The first kappa shape index (κ1) is 14.9. The first-order chi connectivity index (χ1) is 9.52. The molecule has 0 bridgehead atoms. The highest BCUT2D eigenvalue weighted by atomic mass is 79.9. The highest BCUT2D eigenvalue weighted by molar-refractivity contribution is 9.10. The molecule has 0 spiro atoms. The molecule has 106 valence electrons. The average Bonchev–Trinajstić information content (AvgIpc) is 2.40. The maximum Gasteiger partial charge on any atom is 0.264 e. The first-order valence-corrected chi connectivity index (χ1v) is 7.24. The van der Waals surface area contributed by atoms with E-state index < -0.39 is 11.8 Å². The van der Waals surface area contributed by atoms with Gasteiger partial charge in [0.2, 0.25) is 5.91 Å². The van der Waals surface area contributed by atoms with Crippen LogP contribution in [0, 0.1) is 0 Å². The van der Waals surface area contributed by atoms with Crippen LogP contribution in [0.5, 0.6) is 0 Å². The molecule has 6 heteroatoms. The highest BCUT2D eigenvalue weighted by Gasteiger charge is 2.34. The first-order valence-electron chi connectivity index (χ1n) is 6.45. The van der Waals surface area contributed by atoms with Gasteiger partial charge in [-0.3, -0.25) is 9.59 Å². The third-order valence-corrected chi connectivity index (χ3v) is 3.94. The van der Waals surface area contributed by atoms with Crippen molar-refractivity contribution in [2.24, 2.45) is 10.7 Å². The minimum absolute atomic E-state index is 0.109. The van der Waals surface area contributed by atoms with Gasteiger partial charge in [0.05, 0.1) is 0 Å². The van der Waals surface area contributed by atoms with Gasteiger partial charge in [-0.05, 0) is 18.1 Å². The van der Waals surface area contributed by atoms with Crippen LogP contribution < -0.4 is 11.1 Å². The Morgan fingerprint density at radius 1 is 1.40 bits per heavy atom. The number of nitrogens with two attached hydrogens (primary N) is 1. The Morgan fingerprint density at radius 3 is 2.70 bits per heavy atom. The summed E-state index contributed by atoms with van der Waals surface area (Å²) in [4.78, 5) is 28.3. The summed E-state index contributed by atoms with van der Waals surface area (Å²) in [6.07, 6.45) is 1.16. The van der Waals surface area contributed by atoms with Crippen LogP contribution in [-0.2, 0) is 9.59 Å². The minimum atomic E-state index is -0.896. The van der Waals surface area contributed by atoms with Gasteiger partial charge in [0.25, 0.3) is 5.91 Å². The molecule has 1 aliphatic rings. The van der Waals surface area contributed by atoms with Crippen LogP contribution in [-0.4, -0.2) is 23.7 Å². The number of nitrogens with zero attached hydrogens (tertiary/aromatic N) is 1. The molecular formula is C14H16BrN3O2. The summed E-state index contributed by atoms with van der Waals surface area (Å²) < 4.78 is 0.720. The summed E-state index contributed by atoms with van der Waals surface area (Å²) in [6, 6.07) is 7.04. The second kappa shape index (κ2) is 6.28. The number of amides is 2. The largest absolute Gasteiger partial charge is 0.327 e. The number of amidine groups is 1. The lowest BCUT2D eigenvalue weighted by Gasteiger charge is -2.22. The van der Waals surface area contributed by atoms with E-state index in [0.29, 0.717) is 17.8 Å². The molecule has 0 aromatic heterocycles. The van der Waals surface area contributed by atoms with Gasteiger partial charge in [-0.2, -0.15) is 4.99 Å². The maximum atomic E-state index is 12.2. The van der Waals surface area contributed by atoms with Crippen molar-refractivity contribution in [2.75, 3.05) is 0 Å². The van der Waals surface area contributed by atoms with Crippen LogP contribution in [0.25, 0.3) is 0 Å².